The molecule has 1 fully saturated rings. The van der Waals surface area contributed by atoms with Crippen LogP contribution in [-0.4, -0.2) is 29.4 Å². The smallest absolute Gasteiger partial charge is 0.368 e. The minimum Gasteiger partial charge on any atom is -0.368 e. The molecular formula is C7H8F6O2. The zero-order valence-electron chi connectivity index (χ0n) is 7.49. The van der Waals surface area contributed by atoms with Crippen LogP contribution < -0.4 is 0 Å². The van der Waals surface area contributed by atoms with Gasteiger partial charge in [0.15, 0.2) is 6.29 Å². The van der Waals surface area contributed by atoms with Gasteiger partial charge in [-0.15, -0.1) is 0 Å². The highest BCUT2D eigenvalue weighted by molar-refractivity contribution is 5.01. The molecule has 2 unspecified atom stereocenters. The molecule has 0 amide bonds. The summed E-state index contributed by atoms with van der Waals surface area (Å²) < 4.78 is 77.5. The third-order valence-corrected chi connectivity index (χ3v) is 2.33. The zero-order chi connectivity index (χ0) is 12.1. The molecule has 1 rings (SSSR count). The first kappa shape index (κ1) is 12.6. The summed E-state index contributed by atoms with van der Waals surface area (Å²) in [6, 6.07) is 0. The summed E-state index contributed by atoms with van der Waals surface area (Å²) in [5.74, 6) is -1.21. The van der Waals surface area contributed by atoms with Crippen molar-refractivity contribution in [2.24, 2.45) is 5.92 Å². The second-order valence-electron chi connectivity index (χ2n) is 3.51. The van der Waals surface area contributed by atoms with Gasteiger partial charge in [0.05, 0.1) is 0 Å². The summed E-state index contributed by atoms with van der Waals surface area (Å²) in [7, 11) is 0. The van der Waals surface area contributed by atoms with E-state index in [1.165, 1.54) is 0 Å². The summed E-state index contributed by atoms with van der Waals surface area (Å²) in [5, 5.41) is 8.84. The van der Waals surface area contributed by atoms with E-state index in [4.69, 9.17) is 5.11 Å². The lowest BCUT2D eigenvalue weighted by Gasteiger charge is -2.32. The average Bonchev–Trinajstić information content (AvgIpc) is 2.26. The largest absolute Gasteiger partial charge is 0.426 e. The minimum atomic E-state index is -5.59. The lowest BCUT2D eigenvalue weighted by atomic mass is 9.93. The molecule has 0 spiro atoms. The van der Waals surface area contributed by atoms with Crippen LogP contribution in [-0.2, 0) is 4.74 Å². The average molecular weight is 238 g/mol. The maximum absolute atomic E-state index is 12.3. The van der Waals surface area contributed by atoms with Crippen molar-refractivity contribution < 1.29 is 36.2 Å². The molecule has 2 atom stereocenters. The fourth-order valence-corrected chi connectivity index (χ4v) is 1.45. The van der Waals surface area contributed by atoms with Crippen LogP contribution in [0.1, 0.15) is 13.3 Å². The highest BCUT2D eigenvalue weighted by atomic mass is 19.4. The van der Waals surface area contributed by atoms with Gasteiger partial charge in [-0.05, 0) is 0 Å². The van der Waals surface area contributed by atoms with Gasteiger partial charge in [0.2, 0.25) is 0 Å². The maximum atomic E-state index is 12.3. The first-order chi connectivity index (χ1) is 6.51. The summed E-state index contributed by atoms with van der Waals surface area (Å²) in [6.45, 7) is 1.06. The van der Waals surface area contributed by atoms with Crippen molar-refractivity contribution in [1.29, 1.82) is 0 Å². The first-order valence-electron chi connectivity index (χ1n) is 4.00. The Bertz CT molecular complexity index is 219. The Morgan fingerprint density at radius 2 is 1.53 bits per heavy atom. The lowest BCUT2D eigenvalue weighted by molar-refractivity contribution is -0.385. The Labute approximate surface area is 80.8 Å². The molecule has 1 N–H and O–H groups in total. The van der Waals surface area contributed by atoms with Crippen LogP contribution in [0.5, 0.6) is 0 Å². The summed E-state index contributed by atoms with van der Waals surface area (Å²) in [4.78, 5) is 0. The fourth-order valence-electron chi connectivity index (χ4n) is 1.45. The van der Waals surface area contributed by atoms with Crippen molar-refractivity contribution in [1.82, 2.24) is 0 Å². The number of alkyl halides is 6. The quantitative estimate of drug-likeness (QED) is 0.656. The second kappa shape index (κ2) is 3.24. The minimum absolute atomic E-state index is 1.06. The van der Waals surface area contributed by atoms with E-state index in [-0.39, 0.29) is 0 Å². The zero-order valence-corrected chi connectivity index (χ0v) is 7.49. The van der Waals surface area contributed by atoms with Crippen LogP contribution >= 0.6 is 0 Å². The van der Waals surface area contributed by atoms with Gasteiger partial charge in [-0.3, -0.25) is 0 Å². The van der Waals surface area contributed by atoms with Crippen LogP contribution in [0.15, 0.2) is 0 Å². The Balaban J connectivity index is 3.12. The van der Waals surface area contributed by atoms with E-state index in [0.717, 1.165) is 6.92 Å². The van der Waals surface area contributed by atoms with Crippen molar-refractivity contribution in [3.05, 3.63) is 0 Å². The number of aliphatic hydroxyl groups excluding tert-OH is 1. The molecule has 0 aromatic carbocycles. The molecule has 1 saturated heterocycles. The number of rotatable bonds is 0. The molecule has 0 saturated carbocycles. The molecule has 1 aliphatic heterocycles. The van der Waals surface area contributed by atoms with E-state index in [1.807, 2.05) is 0 Å². The topological polar surface area (TPSA) is 29.5 Å². The van der Waals surface area contributed by atoms with E-state index in [2.05, 4.69) is 4.74 Å². The van der Waals surface area contributed by atoms with Gasteiger partial charge < -0.3 is 9.84 Å². The van der Waals surface area contributed by atoms with Crippen molar-refractivity contribution in [3.8, 4) is 0 Å². The van der Waals surface area contributed by atoms with Gasteiger partial charge in [-0.2, -0.15) is 26.3 Å². The van der Waals surface area contributed by atoms with Gasteiger partial charge in [-0.25, -0.2) is 0 Å². The van der Waals surface area contributed by atoms with Gasteiger partial charge in [-0.1, -0.05) is 6.92 Å². The lowest BCUT2D eigenvalue weighted by Crippen LogP contribution is -2.56. The molecule has 1 heterocycles. The van der Waals surface area contributed by atoms with Crippen LogP contribution in [0.25, 0.3) is 0 Å². The van der Waals surface area contributed by atoms with Crippen molar-refractivity contribution in [3.63, 3.8) is 0 Å². The highest BCUT2D eigenvalue weighted by Gasteiger charge is 2.75. The van der Waals surface area contributed by atoms with Crippen LogP contribution in [0.3, 0.4) is 0 Å². The number of hydrogen-bond donors (Lipinski definition) is 1. The predicted octanol–water partition coefficient (Wildman–Crippen LogP) is 2.22. The number of hydrogen-bond acceptors (Lipinski definition) is 2. The SMILES string of the molecule is CC1CC(C(F)(F)F)(C(F)(F)F)OC1O. The molecule has 0 aliphatic carbocycles. The van der Waals surface area contributed by atoms with E-state index in [1.54, 1.807) is 0 Å². The van der Waals surface area contributed by atoms with Crippen LogP contribution in [0, 0.1) is 5.92 Å². The number of halogens is 6. The van der Waals surface area contributed by atoms with E-state index < -0.39 is 36.6 Å². The molecule has 1 aliphatic rings. The second-order valence-corrected chi connectivity index (χ2v) is 3.51. The van der Waals surface area contributed by atoms with E-state index in [0.29, 0.717) is 0 Å². The summed E-state index contributed by atoms with van der Waals surface area (Å²) >= 11 is 0. The number of aliphatic hydroxyl groups is 1. The molecule has 2 nitrogen and oxygen atoms in total. The van der Waals surface area contributed by atoms with E-state index in [9.17, 15) is 26.3 Å². The maximum Gasteiger partial charge on any atom is 0.426 e. The fraction of sp³-hybridized carbons (Fsp3) is 1.00. The molecule has 0 aromatic heterocycles. The van der Waals surface area contributed by atoms with Gasteiger partial charge in [0, 0.05) is 12.3 Å². The first-order valence-corrected chi connectivity index (χ1v) is 4.00. The standard InChI is InChI=1S/C7H8F6O2/c1-3-2-5(6(8,9)10,7(11,12)13)15-4(3)14/h3-4,14H,2H2,1H3. The predicted molar refractivity (Wildman–Crippen MR) is 35.7 cm³/mol. The monoisotopic (exact) mass is 238 g/mol. The van der Waals surface area contributed by atoms with Crippen LogP contribution in [0.2, 0.25) is 0 Å². The van der Waals surface area contributed by atoms with Gasteiger partial charge in [0.25, 0.3) is 5.60 Å². The van der Waals surface area contributed by atoms with E-state index >= 15 is 0 Å². The molecule has 8 heteroatoms. The summed E-state index contributed by atoms with van der Waals surface area (Å²) in [5.41, 5.74) is -4.24. The summed E-state index contributed by atoms with van der Waals surface area (Å²) in [6.07, 6.45) is -14.5. The highest BCUT2D eigenvalue weighted by Crippen LogP contribution is 2.53. The third-order valence-electron chi connectivity index (χ3n) is 2.33. The Kier molecular flexibility index (Phi) is 2.72. The normalized spacial score (nSPS) is 32.0. The molecule has 0 bridgehead atoms. The molecule has 15 heavy (non-hydrogen) atoms. The molecule has 0 radical (unpaired) electrons. The van der Waals surface area contributed by atoms with Crippen molar-refractivity contribution >= 4 is 0 Å². The van der Waals surface area contributed by atoms with Crippen molar-refractivity contribution in [2.75, 3.05) is 0 Å². The Morgan fingerprint density at radius 3 is 1.67 bits per heavy atom. The van der Waals surface area contributed by atoms with Crippen LogP contribution in [0.4, 0.5) is 26.3 Å². The number of ether oxygens (including phenoxy) is 1. The third kappa shape index (κ3) is 1.80. The van der Waals surface area contributed by atoms with Crippen molar-refractivity contribution in [2.45, 2.75) is 37.6 Å². The molecule has 0 aromatic rings. The van der Waals surface area contributed by atoms with Gasteiger partial charge in [0.1, 0.15) is 0 Å². The molecule has 90 valence electrons. The Morgan fingerprint density at radius 1 is 1.13 bits per heavy atom. The Hall–Kier alpha value is -0.500. The van der Waals surface area contributed by atoms with Gasteiger partial charge >= 0.3 is 12.4 Å². The molecular weight excluding hydrogens is 230 g/mol.